The number of halogens is 1. The predicted molar refractivity (Wildman–Crippen MR) is 74.9 cm³/mol. The van der Waals surface area contributed by atoms with Gasteiger partial charge < -0.3 is 14.5 Å². The van der Waals surface area contributed by atoms with Gasteiger partial charge in [0.2, 0.25) is 0 Å². The largest absolute Gasteiger partial charge is 0.330 e. The lowest BCUT2D eigenvalue weighted by Crippen LogP contribution is -2.13. The fourth-order valence-corrected chi connectivity index (χ4v) is 2.36. The summed E-state index contributed by atoms with van der Waals surface area (Å²) in [7, 11) is 4.14. The summed E-state index contributed by atoms with van der Waals surface area (Å²) in [5, 5.41) is 0. The van der Waals surface area contributed by atoms with Crippen LogP contribution in [0.25, 0.3) is 11.0 Å². The standard InChI is InChI=1S/C13H18FN3S/c1-16(2)7-3-4-8-17-12-6-5-10(14)9-11(12)15-13(17)18/h5-6,9H,3-4,7-8H2,1-2H3,(H,15,18). The quantitative estimate of drug-likeness (QED) is 0.664. The molecule has 0 aliphatic heterocycles. The highest BCUT2D eigenvalue weighted by Gasteiger charge is 2.05. The van der Waals surface area contributed by atoms with Crippen LogP contribution in [0.5, 0.6) is 0 Å². The molecule has 2 rings (SSSR count). The molecule has 18 heavy (non-hydrogen) atoms. The van der Waals surface area contributed by atoms with E-state index in [0.29, 0.717) is 4.77 Å². The molecular weight excluding hydrogens is 249 g/mol. The van der Waals surface area contributed by atoms with Crippen molar-refractivity contribution in [1.82, 2.24) is 14.5 Å². The van der Waals surface area contributed by atoms with Gasteiger partial charge in [0.1, 0.15) is 5.82 Å². The Hall–Kier alpha value is -1.20. The number of aromatic nitrogens is 2. The van der Waals surface area contributed by atoms with Crippen LogP contribution in [0.15, 0.2) is 18.2 Å². The first-order valence-electron chi connectivity index (χ1n) is 6.11. The number of H-pyrrole nitrogens is 1. The lowest BCUT2D eigenvalue weighted by molar-refractivity contribution is 0.388. The van der Waals surface area contributed by atoms with Crippen LogP contribution in [0.1, 0.15) is 12.8 Å². The van der Waals surface area contributed by atoms with E-state index in [4.69, 9.17) is 12.2 Å². The van der Waals surface area contributed by atoms with E-state index in [-0.39, 0.29) is 5.82 Å². The normalized spacial score (nSPS) is 11.6. The molecule has 0 spiro atoms. The number of aryl methyl sites for hydroxylation is 1. The molecule has 2 aromatic rings. The Morgan fingerprint density at radius 3 is 2.83 bits per heavy atom. The van der Waals surface area contributed by atoms with E-state index in [9.17, 15) is 4.39 Å². The Morgan fingerprint density at radius 1 is 1.33 bits per heavy atom. The lowest BCUT2D eigenvalue weighted by atomic mass is 10.2. The zero-order valence-electron chi connectivity index (χ0n) is 10.7. The number of rotatable bonds is 5. The van der Waals surface area contributed by atoms with Crippen molar-refractivity contribution >= 4 is 23.3 Å². The smallest absolute Gasteiger partial charge is 0.178 e. The van der Waals surface area contributed by atoms with Gasteiger partial charge in [0, 0.05) is 6.54 Å². The van der Waals surface area contributed by atoms with Crippen molar-refractivity contribution in [3.63, 3.8) is 0 Å². The van der Waals surface area contributed by atoms with Gasteiger partial charge in [0.25, 0.3) is 0 Å². The molecule has 0 atom stereocenters. The van der Waals surface area contributed by atoms with Crippen molar-refractivity contribution in [3.8, 4) is 0 Å². The predicted octanol–water partition coefficient (Wildman–Crippen LogP) is 3.18. The Morgan fingerprint density at radius 2 is 2.11 bits per heavy atom. The van der Waals surface area contributed by atoms with Crippen molar-refractivity contribution in [1.29, 1.82) is 0 Å². The number of unbranched alkanes of at least 4 members (excludes halogenated alkanes) is 1. The Kier molecular flexibility index (Phi) is 4.14. The third-order valence-electron chi connectivity index (χ3n) is 2.97. The summed E-state index contributed by atoms with van der Waals surface area (Å²) >= 11 is 5.27. The molecule has 1 N–H and O–H groups in total. The molecule has 0 saturated carbocycles. The molecule has 0 aliphatic rings. The molecule has 0 aliphatic carbocycles. The van der Waals surface area contributed by atoms with Crippen molar-refractivity contribution in [2.24, 2.45) is 0 Å². The molecule has 0 bridgehead atoms. The van der Waals surface area contributed by atoms with E-state index in [2.05, 4.69) is 24.0 Å². The van der Waals surface area contributed by atoms with Crippen molar-refractivity contribution in [2.75, 3.05) is 20.6 Å². The van der Waals surface area contributed by atoms with Crippen LogP contribution in [-0.4, -0.2) is 35.1 Å². The molecule has 0 fully saturated rings. The topological polar surface area (TPSA) is 24.0 Å². The van der Waals surface area contributed by atoms with Crippen molar-refractivity contribution in [2.45, 2.75) is 19.4 Å². The third kappa shape index (κ3) is 2.97. The maximum Gasteiger partial charge on any atom is 0.178 e. The third-order valence-corrected chi connectivity index (χ3v) is 3.30. The maximum absolute atomic E-state index is 13.1. The van der Waals surface area contributed by atoms with E-state index in [1.165, 1.54) is 12.1 Å². The average molecular weight is 267 g/mol. The molecule has 0 radical (unpaired) electrons. The number of benzene rings is 1. The summed E-state index contributed by atoms with van der Waals surface area (Å²) in [5.41, 5.74) is 1.75. The van der Waals surface area contributed by atoms with Gasteiger partial charge in [-0.25, -0.2) is 4.39 Å². The molecule has 0 unspecified atom stereocenters. The van der Waals surface area contributed by atoms with Gasteiger partial charge in [0.15, 0.2) is 4.77 Å². The van der Waals surface area contributed by atoms with Gasteiger partial charge in [-0.3, -0.25) is 0 Å². The first-order chi connectivity index (χ1) is 8.58. The molecule has 1 heterocycles. The molecule has 98 valence electrons. The highest BCUT2D eigenvalue weighted by atomic mass is 32.1. The van der Waals surface area contributed by atoms with E-state index >= 15 is 0 Å². The van der Waals surface area contributed by atoms with Gasteiger partial charge in [-0.2, -0.15) is 0 Å². The van der Waals surface area contributed by atoms with Gasteiger partial charge >= 0.3 is 0 Å². The Labute approximate surface area is 111 Å². The van der Waals surface area contributed by atoms with Crippen LogP contribution in [-0.2, 0) is 6.54 Å². The minimum absolute atomic E-state index is 0.237. The second kappa shape index (κ2) is 5.63. The highest BCUT2D eigenvalue weighted by Crippen LogP contribution is 2.16. The van der Waals surface area contributed by atoms with Crippen LogP contribution in [0.3, 0.4) is 0 Å². The van der Waals surface area contributed by atoms with Gasteiger partial charge in [-0.05, 0) is 63.9 Å². The number of hydrogen-bond donors (Lipinski definition) is 1. The molecule has 0 saturated heterocycles. The molecule has 5 heteroatoms. The number of nitrogens with zero attached hydrogens (tertiary/aromatic N) is 2. The number of imidazole rings is 1. The van der Waals surface area contributed by atoms with Crippen LogP contribution in [0.2, 0.25) is 0 Å². The average Bonchev–Trinajstić information content (AvgIpc) is 2.59. The fourth-order valence-electron chi connectivity index (χ4n) is 2.06. The zero-order valence-corrected chi connectivity index (χ0v) is 11.6. The first-order valence-corrected chi connectivity index (χ1v) is 6.51. The SMILES string of the molecule is CN(C)CCCCn1c(=S)[nH]c2cc(F)ccc21. The highest BCUT2D eigenvalue weighted by molar-refractivity contribution is 7.71. The van der Waals surface area contributed by atoms with E-state index in [1.54, 1.807) is 6.07 Å². The van der Waals surface area contributed by atoms with Gasteiger partial charge in [-0.15, -0.1) is 0 Å². The van der Waals surface area contributed by atoms with Crippen LogP contribution in [0.4, 0.5) is 4.39 Å². The van der Waals surface area contributed by atoms with Crippen molar-refractivity contribution in [3.05, 3.63) is 28.8 Å². The summed E-state index contributed by atoms with van der Waals surface area (Å²) in [6, 6.07) is 4.74. The number of hydrogen-bond acceptors (Lipinski definition) is 2. The molecular formula is C13H18FN3S. The van der Waals surface area contributed by atoms with E-state index < -0.39 is 0 Å². The minimum Gasteiger partial charge on any atom is -0.330 e. The summed E-state index contributed by atoms with van der Waals surface area (Å²) in [5.74, 6) is -0.237. The monoisotopic (exact) mass is 267 g/mol. The number of fused-ring (bicyclic) bond motifs is 1. The Balaban J connectivity index is 2.13. The fraction of sp³-hybridized carbons (Fsp3) is 0.462. The summed E-state index contributed by atoms with van der Waals surface area (Å²) < 4.78 is 15.8. The molecule has 0 amide bonds. The zero-order chi connectivity index (χ0) is 13.1. The van der Waals surface area contributed by atoms with Crippen LogP contribution >= 0.6 is 12.2 Å². The Bertz CT molecular complexity index is 585. The van der Waals surface area contributed by atoms with E-state index in [0.717, 1.165) is 37.0 Å². The first kappa shape index (κ1) is 13.2. The summed E-state index contributed by atoms with van der Waals surface area (Å²) in [4.78, 5) is 5.22. The molecule has 1 aromatic heterocycles. The van der Waals surface area contributed by atoms with Crippen LogP contribution < -0.4 is 0 Å². The van der Waals surface area contributed by atoms with E-state index in [1.807, 2.05) is 4.57 Å². The van der Waals surface area contributed by atoms with Gasteiger partial charge in [0.05, 0.1) is 11.0 Å². The minimum atomic E-state index is -0.237. The second-order valence-electron chi connectivity index (χ2n) is 4.75. The summed E-state index contributed by atoms with van der Waals surface area (Å²) in [6.45, 7) is 1.95. The van der Waals surface area contributed by atoms with Crippen LogP contribution in [0, 0.1) is 10.6 Å². The summed E-state index contributed by atoms with van der Waals surface area (Å²) in [6.07, 6.45) is 2.19. The lowest BCUT2D eigenvalue weighted by Gasteiger charge is -2.09. The maximum atomic E-state index is 13.1. The second-order valence-corrected chi connectivity index (χ2v) is 5.14. The molecule has 3 nitrogen and oxygen atoms in total. The molecule has 1 aromatic carbocycles. The van der Waals surface area contributed by atoms with Crippen molar-refractivity contribution < 1.29 is 4.39 Å². The number of nitrogens with one attached hydrogen (secondary N) is 1. The number of aromatic amines is 1. The van der Waals surface area contributed by atoms with Gasteiger partial charge in [-0.1, -0.05) is 0 Å².